The van der Waals surface area contributed by atoms with Crippen LogP contribution >= 0.6 is 0 Å². The molecule has 1 heterocycles. The highest BCUT2D eigenvalue weighted by atomic mass is 19.4. The summed E-state index contributed by atoms with van der Waals surface area (Å²) < 4.78 is 73.0. The summed E-state index contributed by atoms with van der Waals surface area (Å²) in [4.78, 5) is 4.57. The molecule has 1 aromatic heterocycles. The van der Waals surface area contributed by atoms with Crippen LogP contribution in [0.3, 0.4) is 0 Å². The number of pyridine rings is 1. The lowest BCUT2D eigenvalue weighted by molar-refractivity contribution is -0.137. The quantitative estimate of drug-likeness (QED) is 0.451. The molecule has 2 nitrogen and oxygen atoms in total. The Hall–Kier alpha value is -2.54. The number of rotatable bonds is 5. The van der Waals surface area contributed by atoms with E-state index in [9.17, 15) is 22.0 Å². The van der Waals surface area contributed by atoms with Crippen LogP contribution in [0.2, 0.25) is 0 Å². The SMILES string of the molecule is C[C@@H](O[C@@H]1CCc2cccnc2C1[C@@H]1C=CC(F)=CC1)c1cc(CF)cc(C(F)(F)F)c1. The first-order valence-corrected chi connectivity index (χ1v) is 10.7. The van der Waals surface area contributed by atoms with Gasteiger partial charge in [-0.1, -0.05) is 18.2 Å². The summed E-state index contributed by atoms with van der Waals surface area (Å²) in [5.74, 6) is -0.482. The Morgan fingerprint density at radius 1 is 1.22 bits per heavy atom. The standard InChI is InChI=1S/C25H24F5NO/c1-15(19-11-16(14-26)12-20(13-19)25(28,29)30)32-22-9-6-18-3-2-10-31-24(18)23(22)17-4-7-21(27)8-5-17/h2-4,7-8,10-13,15,17,22-23H,5-6,9,14H2,1H3/t15-,17-,22-,23?/m1/s1. The van der Waals surface area contributed by atoms with Crippen LogP contribution in [-0.2, 0) is 24.0 Å². The van der Waals surface area contributed by atoms with E-state index in [0.717, 1.165) is 29.8 Å². The molecule has 4 atom stereocenters. The minimum absolute atomic E-state index is 0.0340. The average Bonchev–Trinajstić information content (AvgIpc) is 2.78. The molecule has 7 heteroatoms. The topological polar surface area (TPSA) is 22.1 Å². The van der Waals surface area contributed by atoms with Gasteiger partial charge in [0.2, 0.25) is 0 Å². The Morgan fingerprint density at radius 2 is 2.03 bits per heavy atom. The van der Waals surface area contributed by atoms with Crippen molar-refractivity contribution in [1.29, 1.82) is 0 Å². The van der Waals surface area contributed by atoms with Crippen LogP contribution in [0.25, 0.3) is 0 Å². The van der Waals surface area contributed by atoms with Gasteiger partial charge in [-0.15, -0.1) is 0 Å². The predicted octanol–water partition coefficient (Wildman–Crippen LogP) is 7.18. The lowest BCUT2D eigenvalue weighted by Gasteiger charge is -2.38. The molecule has 0 N–H and O–H groups in total. The van der Waals surface area contributed by atoms with Crippen molar-refractivity contribution in [1.82, 2.24) is 4.98 Å². The summed E-state index contributed by atoms with van der Waals surface area (Å²) in [5, 5.41) is 0. The maximum Gasteiger partial charge on any atom is 0.416 e. The zero-order valence-corrected chi connectivity index (χ0v) is 17.6. The van der Waals surface area contributed by atoms with Crippen molar-refractivity contribution in [3.8, 4) is 0 Å². The predicted molar refractivity (Wildman–Crippen MR) is 111 cm³/mol. The van der Waals surface area contributed by atoms with Crippen molar-refractivity contribution in [2.45, 2.75) is 57.2 Å². The van der Waals surface area contributed by atoms with Gasteiger partial charge in [0.1, 0.15) is 12.5 Å². The third-order valence-corrected chi connectivity index (χ3v) is 6.23. The van der Waals surface area contributed by atoms with E-state index in [0.29, 0.717) is 12.8 Å². The molecule has 0 amide bonds. The molecule has 0 aliphatic heterocycles. The number of nitrogens with zero attached hydrogens (tertiary/aromatic N) is 1. The third-order valence-electron chi connectivity index (χ3n) is 6.23. The minimum atomic E-state index is -4.57. The van der Waals surface area contributed by atoms with Gasteiger partial charge in [-0.3, -0.25) is 4.98 Å². The second-order valence-electron chi connectivity index (χ2n) is 8.37. The van der Waals surface area contributed by atoms with E-state index < -0.39 is 24.5 Å². The van der Waals surface area contributed by atoms with E-state index in [1.165, 1.54) is 18.2 Å². The van der Waals surface area contributed by atoms with Gasteiger partial charge >= 0.3 is 6.18 Å². The van der Waals surface area contributed by atoms with Crippen LogP contribution < -0.4 is 0 Å². The van der Waals surface area contributed by atoms with Crippen LogP contribution in [0.1, 0.15) is 59.7 Å². The first-order chi connectivity index (χ1) is 15.3. The van der Waals surface area contributed by atoms with Crippen molar-refractivity contribution in [3.05, 3.63) is 88.5 Å². The van der Waals surface area contributed by atoms with Gasteiger partial charge in [-0.25, -0.2) is 8.78 Å². The maximum absolute atomic E-state index is 13.6. The number of aromatic nitrogens is 1. The molecule has 2 aliphatic rings. The van der Waals surface area contributed by atoms with Crippen molar-refractivity contribution >= 4 is 0 Å². The van der Waals surface area contributed by atoms with E-state index in [-0.39, 0.29) is 34.9 Å². The Balaban J connectivity index is 1.63. The Morgan fingerprint density at radius 3 is 2.72 bits per heavy atom. The van der Waals surface area contributed by atoms with E-state index in [1.807, 2.05) is 18.2 Å². The highest BCUT2D eigenvalue weighted by Gasteiger charge is 2.38. The number of alkyl halides is 4. The van der Waals surface area contributed by atoms with Crippen LogP contribution in [-0.4, -0.2) is 11.1 Å². The summed E-state index contributed by atoms with van der Waals surface area (Å²) in [7, 11) is 0. The summed E-state index contributed by atoms with van der Waals surface area (Å²) in [6.07, 6.45) is 2.81. The lowest BCUT2D eigenvalue weighted by atomic mass is 9.74. The van der Waals surface area contributed by atoms with Crippen molar-refractivity contribution in [2.24, 2.45) is 5.92 Å². The van der Waals surface area contributed by atoms with Gasteiger partial charge in [0.25, 0.3) is 0 Å². The van der Waals surface area contributed by atoms with Crippen LogP contribution in [0, 0.1) is 5.92 Å². The number of halogens is 5. The number of aryl methyl sites for hydroxylation is 1. The Kier molecular flexibility index (Phi) is 6.47. The first-order valence-electron chi connectivity index (χ1n) is 10.7. The zero-order chi connectivity index (χ0) is 22.9. The summed E-state index contributed by atoms with van der Waals surface area (Å²) in [6.45, 7) is 0.691. The smallest absolute Gasteiger partial charge is 0.370 e. The van der Waals surface area contributed by atoms with E-state index in [2.05, 4.69) is 4.98 Å². The van der Waals surface area contributed by atoms with Crippen LogP contribution in [0.5, 0.6) is 0 Å². The molecule has 0 saturated carbocycles. The molecule has 2 aliphatic carbocycles. The molecule has 2 aromatic rings. The minimum Gasteiger partial charge on any atom is -0.370 e. The monoisotopic (exact) mass is 449 g/mol. The number of hydrogen-bond donors (Lipinski definition) is 0. The number of benzene rings is 1. The number of fused-ring (bicyclic) bond motifs is 1. The average molecular weight is 449 g/mol. The number of hydrogen-bond acceptors (Lipinski definition) is 2. The molecule has 0 bridgehead atoms. The van der Waals surface area contributed by atoms with Crippen molar-refractivity contribution < 1.29 is 26.7 Å². The Labute approximate surface area is 183 Å². The maximum atomic E-state index is 13.6. The lowest BCUT2D eigenvalue weighted by Crippen LogP contribution is -2.34. The van der Waals surface area contributed by atoms with Gasteiger partial charge in [-0.05, 0) is 79.1 Å². The van der Waals surface area contributed by atoms with Crippen LogP contribution in [0.4, 0.5) is 22.0 Å². The molecule has 4 rings (SSSR count). The fourth-order valence-electron chi connectivity index (χ4n) is 4.66. The second-order valence-corrected chi connectivity index (χ2v) is 8.37. The Bertz CT molecular complexity index is 1030. The third kappa shape index (κ3) is 4.77. The van der Waals surface area contributed by atoms with E-state index >= 15 is 0 Å². The zero-order valence-electron chi connectivity index (χ0n) is 17.6. The summed E-state index contributed by atoms with van der Waals surface area (Å²) >= 11 is 0. The van der Waals surface area contributed by atoms with Gasteiger partial charge in [0.15, 0.2) is 0 Å². The molecule has 170 valence electrons. The summed E-state index contributed by atoms with van der Waals surface area (Å²) in [5.41, 5.74) is 1.35. The van der Waals surface area contributed by atoms with Crippen molar-refractivity contribution in [3.63, 3.8) is 0 Å². The largest absolute Gasteiger partial charge is 0.416 e. The molecule has 0 saturated heterocycles. The molecule has 0 radical (unpaired) electrons. The van der Waals surface area contributed by atoms with E-state index in [1.54, 1.807) is 13.1 Å². The molecule has 1 aromatic carbocycles. The van der Waals surface area contributed by atoms with Gasteiger partial charge in [-0.2, -0.15) is 13.2 Å². The van der Waals surface area contributed by atoms with Crippen LogP contribution in [0.15, 0.2) is 60.6 Å². The second kappa shape index (κ2) is 9.14. The fraction of sp³-hybridized carbons (Fsp3) is 0.400. The normalized spacial score (nSPS) is 24.1. The molecule has 0 fully saturated rings. The van der Waals surface area contributed by atoms with Gasteiger partial charge in [0, 0.05) is 17.8 Å². The molecular formula is C25H24F5NO. The molecule has 1 unspecified atom stereocenters. The van der Waals surface area contributed by atoms with Gasteiger partial charge in [0.05, 0.1) is 17.8 Å². The summed E-state index contributed by atoms with van der Waals surface area (Å²) in [6, 6.07) is 7.15. The number of ether oxygens (including phenoxy) is 1. The molecule has 32 heavy (non-hydrogen) atoms. The molecule has 0 spiro atoms. The highest BCUT2D eigenvalue weighted by Crippen LogP contribution is 2.43. The molecular weight excluding hydrogens is 425 g/mol. The highest BCUT2D eigenvalue weighted by molar-refractivity contribution is 5.34. The first kappa shape index (κ1) is 22.6. The van der Waals surface area contributed by atoms with Crippen molar-refractivity contribution in [2.75, 3.05) is 0 Å². The van der Waals surface area contributed by atoms with E-state index in [4.69, 9.17) is 4.74 Å². The number of allylic oxidation sites excluding steroid dienone is 4. The fourth-order valence-corrected chi connectivity index (χ4v) is 4.66. The van der Waals surface area contributed by atoms with Gasteiger partial charge < -0.3 is 4.74 Å².